The summed E-state index contributed by atoms with van der Waals surface area (Å²) in [6.45, 7) is 0. The fourth-order valence-corrected chi connectivity index (χ4v) is 2.16. The average molecular weight is 366 g/mol. The summed E-state index contributed by atoms with van der Waals surface area (Å²) in [6.07, 6.45) is 1.32. The summed E-state index contributed by atoms with van der Waals surface area (Å²) in [6, 6.07) is 3.63. The van der Waals surface area contributed by atoms with Crippen molar-refractivity contribution in [2.24, 2.45) is 0 Å². The van der Waals surface area contributed by atoms with Crippen LogP contribution in [0.2, 0.25) is 0 Å². The zero-order valence-corrected chi connectivity index (χ0v) is 11.3. The molecule has 2 nitrogen and oxygen atoms in total. The first kappa shape index (κ1) is 12.4. The van der Waals surface area contributed by atoms with Gasteiger partial charge >= 0.3 is 0 Å². The van der Waals surface area contributed by atoms with Crippen molar-refractivity contribution in [1.82, 2.24) is 0 Å². The number of ketones is 1. The highest BCUT2D eigenvalue weighted by Gasteiger charge is 2.21. The largest absolute Gasteiger partial charge is 0.460 e. The minimum Gasteiger partial charge on any atom is -0.460 e. The molecule has 0 atom stereocenters. The number of hydrogen-bond donors (Lipinski definition) is 0. The van der Waals surface area contributed by atoms with Gasteiger partial charge in [-0.3, -0.25) is 4.79 Å². The molecular weight excluding hydrogens is 362 g/mol. The van der Waals surface area contributed by atoms with Crippen molar-refractivity contribution in [2.45, 2.75) is 0 Å². The van der Waals surface area contributed by atoms with E-state index in [1.54, 1.807) is 6.07 Å². The Labute approximate surface area is 112 Å². The highest BCUT2D eigenvalue weighted by atomic mass is 79.9. The van der Waals surface area contributed by atoms with E-state index in [1.807, 2.05) is 0 Å². The van der Waals surface area contributed by atoms with Gasteiger partial charge < -0.3 is 4.42 Å². The molecule has 0 saturated carbocycles. The van der Waals surface area contributed by atoms with E-state index in [4.69, 9.17) is 4.42 Å². The molecule has 1 aromatic carbocycles. The summed E-state index contributed by atoms with van der Waals surface area (Å²) in [4.78, 5) is 12.0. The van der Waals surface area contributed by atoms with Crippen LogP contribution >= 0.6 is 31.9 Å². The van der Waals surface area contributed by atoms with E-state index in [0.29, 0.717) is 4.47 Å². The van der Waals surface area contributed by atoms with Crippen LogP contribution in [0.25, 0.3) is 0 Å². The topological polar surface area (TPSA) is 30.2 Å². The van der Waals surface area contributed by atoms with Gasteiger partial charge in [-0.2, -0.15) is 0 Å². The number of rotatable bonds is 2. The molecule has 1 heterocycles. The van der Waals surface area contributed by atoms with Crippen molar-refractivity contribution >= 4 is 37.6 Å². The zero-order chi connectivity index (χ0) is 12.6. The van der Waals surface area contributed by atoms with Gasteiger partial charge in [-0.1, -0.05) is 0 Å². The molecule has 0 saturated heterocycles. The molecule has 0 fully saturated rings. The molecule has 0 spiro atoms. The highest BCUT2D eigenvalue weighted by molar-refractivity contribution is 9.11. The number of carbonyl (C=O) groups is 1. The lowest BCUT2D eigenvalue weighted by Crippen LogP contribution is -2.04. The molecule has 17 heavy (non-hydrogen) atoms. The summed E-state index contributed by atoms with van der Waals surface area (Å²) < 4.78 is 31.4. The molecule has 0 amide bonds. The highest BCUT2D eigenvalue weighted by Crippen LogP contribution is 2.28. The normalized spacial score (nSPS) is 10.6. The summed E-state index contributed by atoms with van der Waals surface area (Å²) in [5.41, 5.74) is -0.000417. The van der Waals surface area contributed by atoms with E-state index in [-0.39, 0.29) is 15.8 Å². The lowest BCUT2D eigenvalue weighted by molar-refractivity contribution is 0.101. The summed E-state index contributed by atoms with van der Waals surface area (Å²) in [5.74, 6) is -2.62. The van der Waals surface area contributed by atoms with Gasteiger partial charge in [-0.05, 0) is 50.1 Å². The van der Waals surface area contributed by atoms with Gasteiger partial charge in [0.15, 0.2) is 17.4 Å². The van der Waals surface area contributed by atoms with Crippen LogP contribution in [0.3, 0.4) is 0 Å². The number of furan rings is 1. The van der Waals surface area contributed by atoms with E-state index in [1.165, 1.54) is 12.3 Å². The molecule has 0 radical (unpaired) electrons. The minimum absolute atomic E-state index is 0.000417. The fourth-order valence-electron chi connectivity index (χ4n) is 1.28. The Morgan fingerprint density at radius 1 is 1.18 bits per heavy atom. The molecule has 88 valence electrons. The average Bonchev–Trinajstić information content (AvgIpc) is 2.72. The predicted molar refractivity (Wildman–Crippen MR) is 63.9 cm³/mol. The molecule has 0 N–H and O–H groups in total. The Balaban J connectivity index is 2.53. The molecule has 0 bridgehead atoms. The van der Waals surface area contributed by atoms with Crippen LogP contribution in [0.15, 0.2) is 37.8 Å². The number of benzene rings is 1. The molecule has 0 aliphatic heterocycles. The van der Waals surface area contributed by atoms with Crippen LogP contribution in [0.1, 0.15) is 16.1 Å². The van der Waals surface area contributed by atoms with Gasteiger partial charge in [0, 0.05) is 5.56 Å². The van der Waals surface area contributed by atoms with Crippen LogP contribution in [0.4, 0.5) is 8.78 Å². The van der Waals surface area contributed by atoms with Gasteiger partial charge in [0.05, 0.1) is 15.2 Å². The Morgan fingerprint density at radius 3 is 2.47 bits per heavy atom. The van der Waals surface area contributed by atoms with Crippen molar-refractivity contribution in [2.75, 3.05) is 0 Å². The Kier molecular flexibility index (Phi) is 3.44. The van der Waals surface area contributed by atoms with Crippen LogP contribution in [0, 0.1) is 11.6 Å². The Hall–Kier alpha value is -1.01. The smallest absolute Gasteiger partial charge is 0.230 e. The van der Waals surface area contributed by atoms with Crippen molar-refractivity contribution in [3.05, 3.63) is 56.4 Å². The third kappa shape index (κ3) is 2.19. The van der Waals surface area contributed by atoms with Crippen molar-refractivity contribution in [1.29, 1.82) is 0 Å². The van der Waals surface area contributed by atoms with E-state index >= 15 is 0 Å². The number of hydrogen-bond acceptors (Lipinski definition) is 2. The molecule has 0 aliphatic carbocycles. The molecular formula is C11H4Br2F2O2. The van der Waals surface area contributed by atoms with Crippen LogP contribution in [-0.2, 0) is 0 Å². The first-order valence-electron chi connectivity index (χ1n) is 4.43. The molecule has 1 aromatic heterocycles. The van der Waals surface area contributed by atoms with E-state index in [2.05, 4.69) is 31.9 Å². The second-order valence-corrected chi connectivity index (χ2v) is 4.80. The van der Waals surface area contributed by atoms with Gasteiger partial charge in [0.25, 0.3) is 0 Å². The first-order valence-corrected chi connectivity index (χ1v) is 6.02. The second kappa shape index (κ2) is 4.70. The third-order valence-electron chi connectivity index (χ3n) is 2.10. The number of halogens is 4. The molecule has 0 aliphatic rings. The number of carbonyl (C=O) groups excluding carboxylic acids is 1. The van der Waals surface area contributed by atoms with Crippen LogP contribution in [-0.4, -0.2) is 5.78 Å². The summed E-state index contributed by atoms with van der Waals surface area (Å²) in [7, 11) is 0. The predicted octanol–water partition coefficient (Wildman–Crippen LogP) is 4.31. The van der Waals surface area contributed by atoms with Crippen molar-refractivity contribution < 1.29 is 18.0 Å². The Morgan fingerprint density at radius 2 is 1.88 bits per heavy atom. The van der Waals surface area contributed by atoms with Gasteiger partial charge in [0.1, 0.15) is 0 Å². The van der Waals surface area contributed by atoms with Crippen molar-refractivity contribution in [3.63, 3.8) is 0 Å². The van der Waals surface area contributed by atoms with Gasteiger partial charge in [0.2, 0.25) is 5.78 Å². The van der Waals surface area contributed by atoms with Crippen LogP contribution < -0.4 is 0 Å². The molecule has 2 rings (SSSR count). The summed E-state index contributed by atoms with van der Waals surface area (Å²) >= 11 is 5.97. The maximum absolute atomic E-state index is 13.3. The summed E-state index contributed by atoms with van der Waals surface area (Å²) in [5, 5.41) is 0. The zero-order valence-electron chi connectivity index (χ0n) is 8.14. The van der Waals surface area contributed by atoms with Crippen LogP contribution in [0.5, 0.6) is 0 Å². The molecule has 0 unspecified atom stereocenters. The fraction of sp³-hybridized carbons (Fsp3) is 0. The standard InChI is InChI=1S/C11H4Br2F2O2/c12-6-3-4-17-11(6)10(16)5-1-2-7(14)9(15)8(5)13/h1-4H. The first-order chi connectivity index (χ1) is 8.02. The maximum Gasteiger partial charge on any atom is 0.230 e. The van der Waals surface area contributed by atoms with E-state index in [9.17, 15) is 13.6 Å². The maximum atomic E-state index is 13.3. The monoisotopic (exact) mass is 364 g/mol. The van der Waals surface area contributed by atoms with Crippen molar-refractivity contribution in [3.8, 4) is 0 Å². The van der Waals surface area contributed by atoms with Gasteiger partial charge in [-0.25, -0.2) is 8.78 Å². The lowest BCUT2D eigenvalue weighted by Gasteiger charge is -2.03. The van der Waals surface area contributed by atoms with E-state index < -0.39 is 17.4 Å². The molecule has 2 aromatic rings. The SMILES string of the molecule is O=C(c1ccc(F)c(F)c1Br)c1occc1Br. The minimum atomic E-state index is -1.10. The third-order valence-corrected chi connectivity index (χ3v) is 3.50. The molecule has 6 heteroatoms. The Bertz CT molecular complexity index is 593. The quantitative estimate of drug-likeness (QED) is 0.586. The van der Waals surface area contributed by atoms with E-state index in [0.717, 1.165) is 6.07 Å². The van der Waals surface area contributed by atoms with Gasteiger partial charge in [-0.15, -0.1) is 0 Å². The second-order valence-electron chi connectivity index (χ2n) is 3.15. The lowest BCUT2D eigenvalue weighted by atomic mass is 10.1.